The quantitative estimate of drug-likeness (QED) is 0.626. The van der Waals surface area contributed by atoms with E-state index >= 15 is 0 Å². The molecule has 0 bridgehead atoms. The minimum Gasteiger partial charge on any atom is -0.488 e. The molecule has 3 rings (SSSR count). The molecule has 25 heavy (non-hydrogen) atoms. The fourth-order valence-corrected chi connectivity index (χ4v) is 2.85. The molecule has 0 radical (unpaired) electrons. The summed E-state index contributed by atoms with van der Waals surface area (Å²) in [7, 11) is 0. The van der Waals surface area contributed by atoms with Crippen LogP contribution in [-0.2, 0) is 6.54 Å². The highest BCUT2D eigenvalue weighted by Gasteiger charge is 2.13. The number of benzene rings is 2. The lowest BCUT2D eigenvalue weighted by Crippen LogP contribution is -2.25. The third-order valence-corrected chi connectivity index (χ3v) is 4.39. The van der Waals surface area contributed by atoms with Crippen LogP contribution >= 0.6 is 39.1 Å². The Morgan fingerprint density at radius 3 is 2.48 bits per heavy atom. The smallest absolute Gasteiger partial charge is 0.204 e. The Morgan fingerprint density at radius 1 is 1.12 bits per heavy atom. The monoisotopic (exact) mass is 442 g/mol. The van der Waals surface area contributed by atoms with Crippen molar-refractivity contribution in [2.75, 3.05) is 6.61 Å². The molecular weight excluding hydrogens is 431 g/mol. The van der Waals surface area contributed by atoms with Gasteiger partial charge < -0.3 is 9.84 Å². The van der Waals surface area contributed by atoms with Crippen molar-refractivity contribution in [3.63, 3.8) is 0 Å². The van der Waals surface area contributed by atoms with E-state index in [9.17, 15) is 5.11 Å². The second kappa shape index (κ2) is 8.14. The molecule has 1 atom stereocenters. The highest BCUT2D eigenvalue weighted by molar-refractivity contribution is 9.10. The van der Waals surface area contributed by atoms with Gasteiger partial charge >= 0.3 is 0 Å². The van der Waals surface area contributed by atoms with Crippen LogP contribution < -0.4 is 4.74 Å². The lowest BCUT2D eigenvalue weighted by Gasteiger charge is -2.13. The second-order valence-corrected chi connectivity index (χ2v) is 6.92. The van der Waals surface area contributed by atoms with Crippen molar-refractivity contribution in [3.8, 4) is 17.1 Å². The molecule has 0 spiro atoms. The summed E-state index contributed by atoms with van der Waals surface area (Å²) in [6.45, 7) is 0.129. The molecule has 3 aromatic rings. The Labute approximate surface area is 162 Å². The van der Waals surface area contributed by atoms with Gasteiger partial charge in [0.1, 0.15) is 12.7 Å². The summed E-state index contributed by atoms with van der Waals surface area (Å²) in [6.07, 6.45) is -0.848. The van der Waals surface area contributed by atoms with Gasteiger partial charge in [-0.1, -0.05) is 45.2 Å². The summed E-state index contributed by atoms with van der Waals surface area (Å²) in [4.78, 5) is 1.32. The van der Waals surface area contributed by atoms with Crippen LogP contribution in [0.3, 0.4) is 0 Å². The summed E-state index contributed by atoms with van der Waals surface area (Å²) >= 11 is 15.4. The highest BCUT2D eigenvalue weighted by Crippen LogP contribution is 2.32. The van der Waals surface area contributed by atoms with Crippen LogP contribution in [0.2, 0.25) is 10.0 Å². The Morgan fingerprint density at radius 2 is 1.80 bits per heavy atom. The first kappa shape index (κ1) is 18.1. The number of aliphatic hydroxyl groups excluding tert-OH is 1. The average molecular weight is 444 g/mol. The first-order valence-corrected chi connectivity index (χ1v) is 8.86. The van der Waals surface area contributed by atoms with Gasteiger partial charge in [-0.05, 0) is 41.6 Å². The maximum atomic E-state index is 10.1. The van der Waals surface area contributed by atoms with Gasteiger partial charge in [-0.25, -0.2) is 0 Å². The Hall–Kier alpha value is -1.67. The summed E-state index contributed by atoms with van der Waals surface area (Å²) in [6, 6.07) is 12.6. The molecule has 1 unspecified atom stereocenters. The summed E-state index contributed by atoms with van der Waals surface area (Å²) in [5.74, 6) is 0.821. The fraction of sp³-hybridized carbons (Fsp3) is 0.188. The van der Waals surface area contributed by atoms with Crippen molar-refractivity contribution in [3.05, 3.63) is 57.0 Å². The number of hydrogen-bond acceptors (Lipinski definition) is 5. The van der Waals surface area contributed by atoms with E-state index in [1.54, 1.807) is 18.2 Å². The zero-order chi connectivity index (χ0) is 17.8. The summed E-state index contributed by atoms with van der Waals surface area (Å²) in [5.41, 5.74) is 0.836. The standard InChI is InChI=1S/C16H13BrCl2N4O2/c17-11-6-4-10(5-7-11)16-20-22-23(21-16)8-12(24)9-25-15-13(18)2-1-3-14(15)19/h1-7,12,24H,8-9H2. The zero-order valence-electron chi connectivity index (χ0n) is 12.8. The molecule has 0 aliphatic carbocycles. The first-order chi connectivity index (χ1) is 12.0. The number of aromatic nitrogens is 4. The largest absolute Gasteiger partial charge is 0.488 e. The van der Waals surface area contributed by atoms with Crippen LogP contribution in [0.5, 0.6) is 5.75 Å². The van der Waals surface area contributed by atoms with Crippen molar-refractivity contribution in [2.45, 2.75) is 12.6 Å². The highest BCUT2D eigenvalue weighted by atomic mass is 79.9. The van der Waals surface area contributed by atoms with Crippen molar-refractivity contribution in [1.29, 1.82) is 0 Å². The van der Waals surface area contributed by atoms with Crippen LogP contribution in [-0.4, -0.2) is 38.0 Å². The van der Waals surface area contributed by atoms with E-state index in [0.29, 0.717) is 21.6 Å². The zero-order valence-corrected chi connectivity index (χ0v) is 15.9. The van der Waals surface area contributed by atoms with E-state index in [2.05, 4.69) is 31.3 Å². The van der Waals surface area contributed by atoms with Crippen LogP contribution in [0.4, 0.5) is 0 Å². The van der Waals surface area contributed by atoms with Crippen molar-refractivity contribution >= 4 is 39.1 Å². The van der Waals surface area contributed by atoms with Crippen LogP contribution in [0.1, 0.15) is 0 Å². The number of halogens is 3. The number of rotatable bonds is 6. The van der Waals surface area contributed by atoms with E-state index < -0.39 is 6.10 Å². The van der Waals surface area contributed by atoms with Gasteiger partial charge in [0.25, 0.3) is 0 Å². The van der Waals surface area contributed by atoms with E-state index in [4.69, 9.17) is 27.9 Å². The predicted octanol–water partition coefficient (Wildman–Crippen LogP) is 3.85. The molecule has 0 fully saturated rings. The number of tetrazole rings is 1. The predicted molar refractivity (Wildman–Crippen MR) is 98.9 cm³/mol. The number of hydrogen-bond donors (Lipinski definition) is 1. The number of para-hydroxylation sites is 1. The molecule has 2 aromatic carbocycles. The number of nitrogens with zero attached hydrogens (tertiary/aromatic N) is 4. The molecule has 6 nitrogen and oxygen atoms in total. The Bertz CT molecular complexity index is 837. The second-order valence-electron chi connectivity index (χ2n) is 5.19. The van der Waals surface area contributed by atoms with Gasteiger partial charge in [0.05, 0.1) is 16.6 Å². The van der Waals surface area contributed by atoms with Crippen molar-refractivity contribution in [2.24, 2.45) is 0 Å². The fourth-order valence-electron chi connectivity index (χ4n) is 2.08. The van der Waals surface area contributed by atoms with Crippen molar-refractivity contribution < 1.29 is 9.84 Å². The Balaban J connectivity index is 1.60. The molecule has 130 valence electrons. The maximum absolute atomic E-state index is 10.1. The molecule has 9 heteroatoms. The minimum atomic E-state index is -0.848. The summed E-state index contributed by atoms with van der Waals surface area (Å²) in [5, 5.41) is 23.1. The third kappa shape index (κ3) is 4.70. The van der Waals surface area contributed by atoms with Crippen LogP contribution in [0.15, 0.2) is 46.9 Å². The molecular formula is C16H13BrCl2N4O2. The molecule has 1 N–H and O–H groups in total. The Kier molecular flexibility index (Phi) is 5.90. The van der Waals surface area contributed by atoms with Crippen LogP contribution in [0.25, 0.3) is 11.4 Å². The normalized spacial score (nSPS) is 12.2. The topological polar surface area (TPSA) is 73.1 Å². The van der Waals surface area contributed by atoms with E-state index in [1.165, 1.54) is 4.80 Å². The molecule has 1 aromatic heterocycles. The van der Waals surface area contributed by atoms with Gasteiger partial charge in [-0.3, -0.25) is 0 Å². The lowest BCUT2D eigenvalue weighted by molar-refractivity contribution is 0.0851. The van der Waals surface area contributed by atoms with Gasteiger partial charge in [-0.2, -0.15) is 4.80 Å². The van der Waals surface area contributed by atoms with Gasteiger partial charge in [0.2, 0.25) is 5.82 Å². The molecule has 1 heterocycles. The van der Waals surface area contributed by atoms with E-state index in [0.717, 1.165) is 10.0 Å². The van der Waals surface area contributed by atoms with Gasteiger partial charge in [0, 0.05) is 10.0 Å². The molecule has 0 aliphatic heterocycles. The van der Waals surface area contributed by atoms with Crippen LogP contribution in [0, 0.1) is 0 Å². The molecule has 0 saturated heterocycles. The van der Waals surface area contributed by atoms with Gasteiger partial charge in [0.15, 0.2) is 5.75 Å². The summed E-state index contributed by atoms with van der Waals surface area (Å²) < 4.78 is 6.46. The van der Waals surface area contributed by atoms with E-state index in [-0.39, 0.29) is 13.2 Å². The first-order valence-electron chi connectivity index (χ1n) is 7.31. The number of ether oxygens (including phenoxy) is 1. The number of aliphatic hydroxyl groups is 1. The van der Waals surface area contributed by atoms with Crippen molar-refractivity contribution in [1.82, 2.24) is 20.2 Å². The molecule has 0 aliphatic rings. The lowest BCUT2D eigenvalue weighted by atomic mass is 10.2. The SMILES string of the molecule is OC(COc1c(Cl)cccc1Cl)Cn1nnc(-c2ccc(Br)cc2)n1. The molecule has 0 amide bonds. The average Bonchev–Trinajstić information content (AvgIpc) is 3.03. The minimum absolute atomic E-state index is 0.00138. The third-order valence-electron chi connectivity index (χ3n) is 3.27. The maximum Gasteiger partial charge on any atom is 0.204 e. The van der Waals surface area contributed by atoms with Gasteiger partial charge in [-0.15, -0.1) is 10.2 Å². The molecule has 0 saturated carbocycles. The van der Waals surface area contributed by atoms with E-state index in [1.807, 2.05) is 24.3 Å².